The van der Waals surface area contributed by atoms with Gasteiger partial charge in [0.05, 0.1) is 11.7 Å². The summed E-state index contributed by atoms with van der Waals surface area (Å²) in [4.78, 5) is 0. The minimum Gasteiger partial charge on any atom is -0.399 e. The Morgan fingerprint density at radius 2 is 2.12 bits per heavy atom. The maximum Gasteiger partial charge on any atom is 0.0684 e. The molecule has 3 rings (SSSR count). The molecule has 0 spiro atoms. The molecule has 0 radical (unpaired) electrons. The van der Waals surface area contributed by atoms with Gasteiger partial charge in [-0.05, 0) is 37.0 Å². The fraction of sp³-hybridized carbons (Fsp3) is 0.462. The molecule has 84 valence electrons. The van der Waals surface area contributed by atoms with Crippen LogP contribution in [0.5, 0.6) is 0 Å². The molecule has 1 fully saturated rings. The average molecular weight is 215 g/mol. The van der Waals surface area contributed by atoms with Gasteiger partial charge in [0, 0.05) is 17.6 Å². The molecular weight excluding hydrogens is 198 g/mol. The van der Waals surface area contributed by atoms with Crippen LogP contribution in [0.1, 0.15) is 25.7 Å². The van der Waals surface area contributed by atoms with Gasteiger partial charge in [0.1, 0.15) is 0 Å². The molecule has 2 aromatic rings. The lowest BCUT2D eigenvalue weighted by atomic mass is 10.1. The van der Waals surface area contributed by atoms with E-state index in [2.05, 4.69) is 15.8 Å². The number of hydrogen-bond acceptors (Lipinski definition) is 2. The van der Waals surface area contributed by atoms with E-state index in [1.807, 2.05) is 18.3 Å². The Morgan fingerprint density at radius 1 is 1.31 bits per heavy atom. The van der Waals surface area contributed by atoms with E-state index in [1.165, 1.54) is 31.2 Å². The van der Waals surface area contributed by atoms with Crippen LogP contribution in [0, 0.1) is 5.92 Å². The van der Waals surface area contributed by atoms with E-state index in [0.717, 1.165) is 23.5 Å². The van der Waals surface area contributed by atoms with Crippen LogP contribution in [-0.4, -0.2) is 9.78 Å². The van der Waals surface area contributed by atoms with Crippen LogP contribution in [0.3, 0.4) is 0 Å². The molecule has 0 saturated heterocycles. The van der Waals surface area contributed by atoms with Gasteiger partial charge in [-0.2, -0.15) is 5.10 Å². The Bertz CT molecular complexity index is 495. The number of rotatable bonds is 2. The first-order chi connectivity index (χ1) is 7.83. The smallest absolute Gasteiger partial charge is 0.0684 e. The molecule has 1 heterocycles. The van der Waals surface area contributed by atoms with E-state index in [0.29, 0.717) is 0 Å². The van der Waals surface area contributed by atoms with Gasteiger partial charge in [-0.25, -0.2) is 0 Å². The first kappa shape index (κ1) is 9.70. The second-order valence-electron chi connectivity index (χ2n) is 4.80. The summed E-state index contributed by atoms with van der Waals surface area (Å²) in [7, 11) is 0. The van der Waals surface area contributed by atoms with Gasteiger partial charge in [0.2, 0.25) is 0 Å². The van der Waals surface area contributed by atoms with Crippen molar-refractivity contribution in [2.24, 2.45) is 5.92 Å². The third-order valence-corrected chi connectivity index (χ3v) is 3.57. The van der Waals surface area contributed by atoms with Gasteiger partial charge < -0.3 is 5.73 Å². The zero-order chi connectivity index (χ0) is 11.0. The summed E-state index contributed by atoms with van der Waals surface area (Å²) in [5.74, 6) is 0.820. The monoisotopic (exact) mass is 215 g/mol. The van der Waals surface area contributed by atoms with Crippen molar-refractivity contribution in [2.45, 2.75) is 32.2 Å². The van der Waals surface area contributed by atoms with E-state index >= 15 is 0 Å². The standard InChI is InChI=1S/C13H17N3/c14-12-5-6-13-11(7-12)8-15-16(13)9-10-3-1-2-4-10/h5-8,10H,1-4,9,14H2. The van der Waals surface area contributed by atoms with Gasteiger partial charge in [-0.3, -0.25) is 4.68 Å². The second kappa shape index (κ2) is 3.81. The van der Waals surface area contributed by atoms with Gasteiger partial charge in [-0.1, -0.05) is 12.8 Å². The Morgan fingerprint density at radius 3 is 2.94 bits per heavy atom. The van der Waals surface area contributed by atoms with Crippen molar-refractivity contribution in [1.29, 1.82) is 0 Å². The summed E-state index contributed by atoms with van der Waals surface area (Å²) in [5, 5.41) is 5.61. The molecule has 1 aliphatic carbocycles. The van der Waals surface area contributed by atoms with Crippen molar-refractivity contribution in [1.82, 2.24) is 9.78 Å². The first-order valence-corrected chi connectivity index (χ1v) is 6.04. The SMILES string of the molecule is Nc1ccc2c(cnn2CC2CCCC2)c1. The van der Waals surface area contributed by atoms with Gasteiger partial charge in [0.15, 0.2) is 0 Å². The average Bonchev–Trinajstić information content (AvgIpc) is 2.89. The number of fused-ring (bicyclic) bond motifs is 1. The quantitative estimate of drug-likeness (QED) is 0.783. The molecule has 2 N–H and O–H groups in total. The summed E-state index contributed by atoms with van der Waals surface area (Å²) in [6.45, 7) is 1.06. The molecule has 0 bridgehead atoms. The predicted molar refractivity (Wildman–Crippen MR) is 66.1 cm³/mol. The number of nitrogens with two attached hydrogens (primary N) is 1. The lowest BCUT2D eigenvalue weighted by Gasteiger charge is -2.09. The number of nitrogen functional groups attached to an aromatic ring is 1. The summed E-state index contributed by atoms with van der Waals surface area (Å²) in [6.07, 6.45) is 7.40. The van der Waals surface area contributed by atoms with E-state index in [1.54, 1.807) is 0 Å². The normalized spacial score (nSPS) is 17.2. The second-order valence-corrected chi connectivity index (χ2v) is 4.80. The third-order valence-electron chi connectivity index (χ3n) is 3.57. The summed E-state index contributed by atoms with van der Waals surface area (Å²) in [6, 6.07) is 6.02. The summed E-state index contributed by atoms with van der Waals surface area (Å²) in [5.41, 5.74) is 7.78. The van der Waals surface area contributed by atoms with Gasteiger partial charge >= 0.3 is 0 Å². The number of benzene rings is 1. The predicted octanol–water partition coefficient (Wildman–Crippen LogP) is 2.81. The molecule has 1 aliphatic rings. The maximum atomic E-state index is 5.76. The van der Waals surface area contributed by atoms with Gasteiger partial charge in [-0.15, -0.1) is 0 Å². The topological polar surface area (TPSA) is 43.8 Å². The van der Waals surface area contributed by atoms with Crippen LogP contribution in [0.25, 0.3) is 10.9 Å². The fourth-order valence-corrected chi connectivity index (χ4v) is 2.69. The first-order valence-electron chi connectivity index (χ1n) is 6.04. The molecule has 0 atom stereocenters. The number of anilines is 1. The number of hydrogen-bond donors (Lipinski definition) is 1. The highest BCUT2D eigenvalue weighted by Gasteiger charge is 2.16. The van der Waals surface area contributed by atoms with Crippen LogP contribution in [-0.2, 0) is 6.54 Å². The fourth-order valence-electron chi connectivity index (χ4n) is 2.69. The van der Waals surface area contributed by atoms with Gasteiger partial charge in [0.25, 0.3) is 0 Å². The minimum absolute atomic E-state index is 0.813. The Balaban J connectivity index is 1.91. The number of nitrogens with zero attached hydrogens (tertiary/aromatic N) is 2. The lowest BCUT2D eigenvalue weighted by molar-refractivity contribution is 0.438. The molecule has 0 amide bonds. The van der Waals surface area contributed by atoms with Crippen LogP contribution in [0.2, 0.25) is 0 Å². The molecular formula is C13H17N3. The van der Waals surface area contributed by atoms with Crippen molar-refractivity contribution in [3.63, 3.8) is 0 Å². The van der Waals surface area contributed by atoms with Crippen LogP contribution < -0.4 is 5.73 Å². The van der Waals surface area contributed by atoms with Crippen molar-refractivity contribution in [2.75, 3.05) is 5.73 Å². The molecule has 1 saturated carbocycles. The molecule has 3 heteroatoms. The highest BCUT2D eigenvalue weighted by Crippen LogP contribution is 2.27. The molecule has 0 aliphatic heterocycles. The largest absolute Gasteiger partial charge is 0.399 e. The third kappa shape index (κ3) is 1.66. The minimum atomic E-state index is 0.813. The number of aromatic nitrogens is 2. The molecule has 3 nitrogen and oxygen atoms in total. The highest BCUT2D eigenvalue weighted by molar-refractivity contribution is 5.81. The Hall–Kier alpha value is -1.51. The molecule has 0 unspecified atom stereocenters. The van der Waals surface area contributed by atoms with E-state index in [9.17, 15) is 0 Å². The van der Waals surface area contributed by atoms with E-state index in [-0.39, 0.29) is 0 Å². The molecule has 1 aromatic heterocycles. The van der Waals surface area contributed by atoms with Crippen molar-refractivity contribution in [3.05, 3.63) is 24.4 Å². The summed E-state index contributed by atoms with van der Waals surface area (Å²) < 4.78 is 2.13. The maximum absolute atomic E-state index is 5.76. The lowest BCUT2D eigenvalue weighted by Crippen LogP contribution is -2.08. The van der Waals surface area contributed by atoms with Crippen molar-refractivity contribution in [3.8, 4) is 0 Å². The van der Waals surface area contributed by atoms with Crippen molar-refractivity contribution >= 4 is 16.6 Å². The Kier molecular flexibility index (Phi) is 2.31. The molecule has 1 aromatic carbocycles. The Labute approximate surface area is 95.2 Å². The van der Waals surface area contributed by atoms with Crippen molar-refractivity contribution < 1.29 is 0 Å². The molecule has 16 heavy (non-hydrogen) atoms. The van der Waals surface area contributed by atoms with Crippen LogP contribution in [0.4, 0.5) is 5.69 Å². The zero-order valence-electron chi connectivity index (χ0n) is 9.39. The van der Waals surface area contributed by atoms with Crippen LogP contribution >= 0.6 is 0 Å². The van der Waals surface area contributed by atoms with E-state index < -0.39 is 0 Å². The highest BCUT2D eigenvalue weighted by atomic mass is 15.3. The zero-order valence-corrected chi connectivity index (χ0v) is 9.39. The van der Waals surface area contributed by atoms with E-state index in [4.69, 9.17) is 5.73 Å². The summed E-state index contributed by atoms with van der Waals surface area (Å²) >= 11 is 0. The van der Waals surface area contributed by atoms with Crippen LogP contribution in [0.15, 0.2) is 24.4 Å².